The van der Waals surface area contributed by atoms with E-state index in [-0.39, 0.29) is 17.9 Å². The van der Waals surface area contributed by atoms with Crippen molar-refractivity contribution in [1.29, 1.82) is 0 Å². The van der Waals surface area contributed by atoms with E-state index in [0.717, 1.165) is 18.4 Å². The quantitative estimate of drug-likeness (QED) is 0.693. The van der Waals surface area contributed by atoms with Crippen molar-refractivity contribution in [2.75, 3.05) is 19.6 Å². The van der Waals surface area contributed by atoms with Gasteiger partial charge in [-0.25, -0.2) is 0 Å². The van der Waals surface area contributed by atoms with Gasteiger partial charge >= 0.3 is 0 Å². The first-order valence-corrected chi connectivity index (χ1v) is 11.0. The Balaban J connectivity index is 1.29. The molecule has 4 atom stereocenters. The van der Waals surface area contributed by atoms with Crippen LogP contribution in [0, 0.1) is 17.8 Å². The van der Waals surface area contributed by atoms with Crippen molar-refractivity contribution in [1.82, 2.24) is 15.2 Å². The van der Waals surface area contributed by atoms with Gasteiger partial charge in [0.2, 0.25) is 11.8 Å². The first kappa shape index (κ1) is 19.4. The highest BCUT2D eigenvalue weighted by atomic mass is 16.5. The molecule has 3 aliphatic heterocycles. The third-order valence-corrected chi connectivity index (χ3v) is 6.83. The molecule has 5 rings (SSSR count). The van der Waals surface area contributed by atoms with Gasteiger partial charge in [-0.1, -0.05) is 44.2 Å². The lowest BCUT2D eigenvalue weighted by Crippen LogP contribution is -2.44. The number of rotatable bonds is 7. The molecule has 2 amide bonds. The second-order valence-electron chi connectivity index (χ2n) is 9.24. The molecule has 158 valence electrons. The predicted molar refractivity (Wildman–Crippen MR) is 115 cm³/mol. The standard InChI is InChI=1S/C24H29N3O3/c1-15(2)8-11-25-22(28)20-19-7-10-24(30-19)14-27(23(29)21(20)24)12-9-16-13-26-18-6-4-3-5-17(16)18/h3-7,10,13,15,19-21,26H,8-9,11-12,14H2,1-2H3,(H,25,28)/t19-,20+,21+,24+/m1/s1. The van der Waals surface area contributed by atoms with Gasteiger partial charge in [-0.2, -0.15) is 0 Å². The van der Waals surface area contributed by atoms with Crippen molar-refractivity contribution < 1.29 is 14.3 Å². The zero-order valence-corrected chi connectivity index (χ0v) is 17.6. The number of ether oxygens (including phenoxy) is 1. The minimum absolute atomic E-state index is 0.0469. The smallest absolute Gasteiger partial charge is 0.230 e. The van der Waals surface area contributed by atoms with E-state index in [0.29, 0.717) is 25.6 Å². The van der Waals surface area contributed by atoms with E-state index in [2.05, 4.69) is 36.3 Å². The summed E-state index contributed by atoms with van der Waals surface area (Å²) in [5.74, 6) is -0.308. The molecule has 0 unspecified atom stereocenters. The molecule has 0 aliphatic carbocycles. The van der Waals surface area contributed by atoms with Gasteiger partial charge in [0.1, 0.15) is 5.60 Å². The number of amides is 2. The van der Waals surface area contributed by atoms with Crippen LogP contribution in [-0.4, -0.2) is 53.0 Å². The highest BCUT2D eigenvalue weighted by Gasteiger charge is 2.66. The number of aromatic amines is 1. The summed E-state index contributed by atoms with van der Waals surface area (Å²) < 4.78 is 6.21. The van der Waals surface area contributed by atoms with Crippen LogP contribution in [0.3, 0.4) is 0 Å². The number of H-pyrrole nitrogens is 1. The van der Waals surface area contributed by atoms with Gasteiger partial charge in [-0.3, -0.25) is 9.59 Å². The molecule has 2 N–H and O–H groups in total. The van der Waals surface area contributed by atoms with Gasteiger partial charge in [-0.15, -0.1) is 0 Å². The van der Waals surface area contributed by atoms with Crippen LogP contribution in [0.25, 0.3) is 10.9 Å². The Bertz CT molecular complexity index is 1010. The van der Waals surface area contributed by atoms with Crippen LogP contribution in [0.2, 0.25) is 0 Å². The molecule has 4 heterocycles. The summed E-state index contributed by atoms with van der Waals surface area (Å²) in [5.41, 5.74) is 1.68. The number of benzene rings is 1. The van der Waals surface area contributed by atoms with Gasteiger partial charge in [0.05, 0.1) is 24.5 Å². The van der Waals surface area contributed by atoms with Gasteiger partial charge in [0, 0.05) is 30.2 Å². The van der Waals surface area contributed by atoms with E-state index >= 15 is 0 Å². The Morgan fingerprint density at radius 2 is 2.20 bits per heavy atom. The topological polar surface area (TPSA) is 74.4 Å². The predicted octanol–water partition coefficient (Wildman–Crippen LogP) is 2.65. The van der Waals surface area contributed by atoms with E-state index in [1.54, 1.807) is 0 Å². The number of hydrogen-bond donors (Lipinski definition) is 2. The minimum Gasteiger partial charge on any atom is -0.361 e. The van der Waals surface area contributed by atoms with E-state index in [9.17, 15) is 9.59 Å². The summed E-state index contributed by atoms with van der Waals surface area (Å²) in [6.45, 7) is 6.07. The first-order valence-electron chi connectivity index (χ1n) is 11.0. The van der Waals surface area contributed by atoms with Gasteiger partial charge in [-0.05, 0) is 30.4 Å². The largest absolute Gasteiger partial charge is 0.361 e. The van der Waals surface area contributed by atoms with Gasteiger partial charge < -0.3 is 19.9 Å². The molecule has 0 saturated carbocycles. The SMILES string of the molecule is CC(C)CCNC(=O)[C@@H]1[C@H]2C(=O)N(CCc3c[nH]c4ccccc34)C[C@@]23C=C[C@H]1O3. The maximum atomic E-state index is 13.3. The summed E-state index contributed by atoms with van der Waals surface area (Å²) >= 11 is 0. The third-order valence-electron chi connectivity index (χ3n) is 6.83. The number of carbonyl (C=O) groups excluding carboxylic acids is 2. The fraction of sp³-hybridized carbons (Fsp3) is 0.500. The lowest BCUT2D eigenvalue weighted by Gasteiger charge is -2.23. The van der Waals surface area contributed by atoms with Crippen molar-refractivity contribution in [3.05, 3.63) is 48.2 Å². The Labute approximate surface area is 176 Å². The molecular weight excluding hydrogens is 378 g/mol. The van der Waals surface area contributed by atoms with Crippen molar-refractivity contribution >= 4 is 22.7 Å². The first-order chi connectivity index (χ1) is 14.5. The van der Waals surface area contributed by atoms with Crippen LogP contribution < -0.4 is 5.32 Å². The van der Waals surface area contributed by atoms with Crippen LogP contribution in [0.15, 0.2) is 42.6 Å². The summed E-state index contributed by atoms with van der Waals surface area (Å²) in [7, 11) is 0. The van der Waals surface area contributed by atoms with Crippen LogP contribution >= 0.6 is 0 Å². The maximum Gasteiger partial charge on any atom is 0.230 e. The lowest BCUT2D eigenvalue weighted by molar-refractivity contribution is -0.137. The van der Waals surface area contributed by atoms with E-state index in [1.165, 1.54) is 10.9 Å². The normalized spacial score (nSPS) is 29.4. The van der Waals surface area contributed by atoms with Crippen LogP contribution in [0.4, 0.5) is 0 Å². The van der Waals surface area contributed by atoms with Crippen LogP contribution in [0.5, 0.6) is 0 Å². The van der Waals surface area contributed by atoms with E-state index < -0.39 is 17.4 Å². The van der Waals surface area contributed by atoms with Crippen molar-refractivity contribution in [3.63, 3.8) is 0 Å². The maximum absolute atomic E-state index is 13.3. The molecule has 2 aromatic rings. The molecule has 30 heavy (non-hydrogen) atoms. The lowest BCUT2D eigenvalue weighted by atomic mass is 9.77. The van der Waals surface area contributed by atoms with E-state index in [1.807, 2.05) is 35.4 Å². The molecule has 1 aromatic heterocycles. The highest BCUT2D eigenvalue weighted by Crippen LogP contribution is 2.51. The number of likely N-dealkylation sites (tertiary alicyclic amines) is 1. The molecular formula is C24H29N3O3. The molecule has 0 radical (unpaired) electrons. The highest BCUT2D eigenvalue weighted by molar-refractivity contribution is 5.93. The minimum atomic E-state index is -0.637. The van der Waals surface area contributed by atoms with Crippen molar-refractivity contribution in [2.45, 2.75) is 38.4 Å². The number of nitrogens with one attached hydrogen (secondary N) is 2. The molecule has 2 fully saturated rings. The number of hydrogen-bond acceptors (Lipinski definition) is 3. The molecule has 1 spiro atoms. The molecule has 3 aliphatic rings. The molecule has 6 heteroatoms. The molecule has 2 bridgehead atoms. The summed E-state index contributed by atoms with van der Waals surface area (Å²) in [6, 6.07) is 8.21. The third kappa shape index (κ3) is 3.05. The number of carbonyl (C=O) groups is 2. The zero-order valence-electron chi connectivity index (χ0n) is 17.6. The van der Waals surface area contributed by atoms with Gasteiger partial charge in [0.15, 0.2) is 0 Å². The molecule has 6 nitrogen and oxygen atoms in total. The monoisotopic (exact) mass is 407 g/mol. The number of aromatic nitrogens is 1. The Morgan fingerprint density at radius 1 is 1.37 bits per heavy atom. The average Bonchev–Trinajstić information content (AvgIpc) is 3.46. The zero-order chi connectivity index (χ0) is 20.9. The second-order valence-corrected chi connectivity index (χ2v) is 9.24. The summed E-state index contributed by atoms with van der Waals surface area (Å²) in [5, 5.41) is 4.23. The Kier molecular flexibility index (Phi) is 4.69. The van der Waals surface area contributed by atoms with Crippen molar-refractivity contribution in [3.8, 4) is 0 Å². The number of nitrogens with zero attached hydrogens (tertiary/aromatic N) is 1. The Hall–Kier alpha value is -2.60. The Morgan fingerprint density at radius 3 is 3.03 bits per heavy atom. The summed E-state index contributed by atoms with van der Waals surface area (Å²) in [6.07, 6.45) is 7.44. The van der Waals surface area contributed by atoms with Crippen LogP contribution in [-0.2, 0) is 20.7 Å². The van der Waals surface area contributed by atoms with Gasteiger partial charge in [0.25, 0.3) is 0 Å². The number of fused-ring (bicyclic) bond motifs is 2. The van der Waals surface area contributed by atoms with Crippen molar-refractivity contribution in [2.24, 2.45) is 17.8 Å². The fourth-order valence-electron chi connectivity index (χ4n) is 5.26. The van der Waals surface area contributed by atoms with Crippen LogP contribution in [0.1, 0.15) is 25.8 Å². The fourth-order valence-corrected chi connectivity index (χ4v) is 5.26. The molecule has 2 saturated heterocycles. The second kappa shape index (κ2) is 7.27. The molecule has 1 aromatic carbocycles. The average molecular weight is 408 g/mol. The summed E-state index contributed by atoms with van der Waals surface area (Å²) in [4.78, 5) is 31.4. The van der Waals surface area contributed by atoms with E-state index in [4.69, 9.17) is 4.74 Å². The number of para-hydroxylation sites is 1.